The van der Waals surface area contributed by atoms with Gasteiger partial charge in [0.2, 0.25) is 0 Å². The fourth-order valence-corrected chi connectivity index (χ4v) is 2.88. The van der Waals surface area contributed by atoms with Crippen molar-refractivity contribution in [3.05, 3.63) is 0 Å². The Bertz CT molecular complexity index is 290. The number of carbonyl (C=O) groups is 1. The molecule has 4 atom stereocenters. The molecule has 4 unspecified atom stereocenters. The number of hydrogen-bond acceptors (Lipinski definition) is 4. The average Bonchev–Trinajstić information content (AvgIpc) is 2.37. The highest BCUT2D eigenvalue weighted by Crippen LogP contribution is 2.37. The zero-order valence-electron chi connectivity index (χ0n) is 9.89. The standard InChI is InChI=1S/C12H19NO4/c14-12(11-7-15-4-5-17-11)13-9-6-10-8(9)2-1-3-16-10/h8-11H,1-7H2,(H,13,14). The normalized spacial score (nSPS) is 41.2. The van der Waals surface area contributed by atoms with E-state index in [0.29, 0.717) is 31.8 Å². The molecule has 1 aliphatic carbocycles. The van der Waals surface area contributed by atoms with Crippen LogP contribution in [0.1, 0.15) is 19.3 Å². The molecule has 0 aromatic carbocycles. The van der Waals surface area contributed by atoms with Gasteiger partial charge in [-0.3, -0.25) is 4.79 Å². The molecule has 0 radical (unpaired) electrons. The number of ether oxygens (including phenoxy) is 3. The number of fused-ring (bicyclic) bond motifs is 1. The van der Waals surface area contributed by atoms with Gasteiger partial charge in [-0.05, 0) is 19.3 Å². The third-order valence-electron chi connectivity index (χ3n) is 3.93. The van der Waals surface area contributed by atoms with Gasteiger partial charge in [0.05, 0.1) is 25.9 Å². The Morgan fingerprint density at radius 1 is 1.18 bits per heavy atom. The number of hydrogen-bond donors (Lipinski definition) is 1. The van der Waals surface area contributed by atoms with Crippen LogP contribution in [0, 0.1) is 5.92 Å². The third kappa shape index (κ3) is 2.32. The lowest BCUT2D eigenvalue weighted by Gasteiger charge is -2.47. The summed E-state index contributed by atoms with van der Waals surface area (Å²) in [5, 5.41) is 3.06. The van der Waals surface area contributed by atoms with Crippen LogP contribution in [0.25, 0.3) is 0 Å². The van der Waals surface area contributed by atoms with Crippen LogP contribution in [0.2, 0.25) is 0 Å². The Balaban J connectivity index is 1.48. The van der Waals surface area contributed by atoms with Crippen LogP contribution in [0.3, 0.4) is 0 Å². The average molecular weight is 241 g/mol. The van der Waals surface area contributed by atoms with Gasteiger partial charge in [-0.2, -0.15) is 0 Å². The van der Waals surface area contributed by atoms with Gasteiger partial charge >= 0.3 is 0 Å². The smallest absolute Gasteiger partial charge is 0.251 e. The van der Waals surface area contributed by atoms with Gasteiger partial charge in [0.15, 0.2) is 6.10 Å². The second kappa shape index (κ2) is 4.92. The zero-order chi connectivity index (χ0) is 11.7. The second-order valence-electron chi connectivity index (χ2n) is 5.00. The minimum atomic E-state index is -0.424. The highest BCUT2D eigenvalue weighted by atomic mass is 16.6. The van der Waals surface area contributed by atoms with Crippen molar-refractivity contribution in [2.45, 2.75) is 37.5 Å². The van der Waals surface area contributed by atoms with E-state index >= 15 is 0 Å². The summed E-state index contributed by atoms with van der Waals surface area (Å²) in [6, 6.07) is 0.276. The highest BCUT2D eigenvalue weighted by Gasteiger charge is 2.44. The fraction of sp³-hybridized carbons (Fsp3) is 0.917. The minimum Gasteiger partial charge on any atom is -0.378 e. The Hall–Kier alpha value is -0.650. The van der Waals surface area contributed by atoms with Crippen molar-refractivity contribution in [1.29, 1.82) is 0 Å². The first-order valence-electron chi connectivity index (χ1n) is 6.46. The van der Waals surface area contributed by atoms with Gasteiger partial charge in [-0.25, -0.2) is 0 Å². The van der Waals surface area contributed by atoms with E-state index in [1.54, 1.807) is 0 Å². The fourth-order valence-electron chi connectivity index (χ4n) is 2.88. The molecule has 3 fully saturated rings. The maximum atomic E-state index is 11.9. The molecule has 17 heavy (non-hydrogen) atoms. The SMILES string of the molecule is O=C(NC1CC2OCCCC12)C1COCCO1. The van der Waals surface area contributed by atoms with Crippen LogP contribution in [0.15, 0.2) is 0 Å². The van der Waals surface area contributed by atoms with Crippen molar-refractivity contribution in [1.82, 2.24) is 5.32 Å². The topological polar surface area (TPSA) is 56.8 Å². The van der Waals surface area contributed by atoms with E-state index in [9.17, 15) is 4.79 Å². The Morgan fingerprint density at radius 2 is 2.12 bits per heavy atom. The summed E-state index contributed by atoms with van der Waals surface area (Å²) in [7, 11) is 0. The molecule has 3 rings (SSSR count). The number of rotatable bonds is 2. The highest BCUT2D eigenvalue weighted by molar-refractivity contribution is 5.81. The van der Waals surface area contributed by atoms with E-state index in [1.165, 1.54) is 0 Å². The lowest BCUT2D eigenvalue weighted by Crippen LogP contribution is -2.60. The summed E-state index contributed by atoms with van der Waals surface area (Å²) in [5.41, 5.74) is 0. The van der Waals surface area contributed by atoms with Crippen molar-refractivity contribution >= 4 is 5.91 Å². The molecule has 1 N–H and O–H groups in total. The van der Waals surface area contributed by atoms with Crippen molar-refractivity contribution in [3.63, 3.8) is 0 Å². The maximum absolute atomic E-state index is 11.9. The lowest BCUT2D eigenvalue weighted by molar-refractivity contribution is -0.154. The monoisotopic (exact) mass is 241 g/mol. The van der Waals surface area contributed by atoms with E-state index < -0.39 is 6.10 Å². The largest absolute Gasteiger partial charge is 0.378 e. The van der Waals surface area contributed by atoms with Gasteiger partial charge in [-0.1, -0.05) is 0 Å². The summed E-state index contributed by atoms with van der Waals surface area (Å²) in [6.45, 7) is 2.36. The van der Waals surface area contributed by atoms with Gasteiger partial charge in [0.25, 0.3) is 5.91 Å². The molecule has 0 aromatic heterocycles. The summed E-state index contributed by atoms with van der Waals surface area (Å²) in [5.74, 6) is 0.482. The van der Waals surface area contributed by atoms with E-state index in [4.69, 9.17) is 14.2 Å². The summed E-state index contributed by atoms with van der Waals surface area (Å²) < 4.78 is 16.2. The molecule has 2 heterocycles. The predicted molar refractivity (Wildman–Crippen MR) is 59.6 cm³/mol. The van der Waals surface area contributed by atoms with E-state index in [0.717, 1.165) is 25.9 Å². The van der Waals surface area contributed by atoms with Crippen LogP contribution in [0.5, 0.6) is 0 Å². The molecule has 1 saturated carbocycles. The van der Waals surface area contributed by atoms with Crippen molar-refractivity contribution < 1.29 is 19.0 Å². The molecule has 0 aromatic rings. The Labute approximate surface area is 101 Å². The first kappa shape index (κ1) is 11.4. The summed E-state index contributed by atoms with van der Waals surface area (Å²) in [6.07, 6.45) is 3.17. The van der Waals surface area contributed by atoms with Crippen LogP contribution < -0.4 is 5.32 Å². The molecule has 5 nitrogen and oxygen atoms in total. The maximum Gasteiger partial charge on any atom is 0.251 e. The molecule has 0 spiro atoms. The van der Waals surface area contributed by atoms with Crippen LogP contribution in [-0.2, 0) is 19.0 Å². The molecule has 3 aliphatic rings. The molecule has 96 valence electrons. The van der Waals surface area contributed by atoms with Crippen molar-refractivity contribution in [2.24, 2.45) is 5.92 Å². The molecular weight excluding hydrogens is 222 g/mol. The first-order chi connectivity index (χ1) is 8.34. The van der Waals surface area contributed by atoms with Crippen LogP contribution in [0.4, 0.5) is 0 Å². The van der Waals surface area contributed by atoms with Gasteiger partial charge in [0, 0.05) is 18.6 Å². The van der Waals surface area contributed by atoms with Crippen LogP contribution >= 0.6 is 0 Å². The summed E-state index contributed by atoms with van der Waals surface area (Å²) >= 11 is 0. The van der Waals surface area contributed by atoms with E-state index in [-0.39, 0.29) is 11.9 Å². The Morgan fingerprint density at radius 3 is 2.88 bits per heavy atom. The van der Waals surface area contributed by atoms with E-state index in [2.05, 4.69) is 5.32 Å². The predicted octanol–water partition coefficient (Wildman–Crippen LogP) is 0.0855. The quantitative estimate of drug-likeness (QED) is 0.744. The van der Waals surface area contributed by atoms with Gasteiger partial charge in [0.1, 0.15) is 0 Å². The van der Waals surface area contributed by atoms with Gasteiger partial charge < -0.3 is 19.5 Å². The van der Waals surface area contributed by atoms with Gasteiger partial charge in [-0.15, -0.1) is 0 Å². The second-order valence-corrected chi connectivity index (χ2v) is 5.00. The number of nitrogens with one attached hydrogen (secondary N) is 1. The number of amides is 1. The van der Waals surface area contributed by atoms with Crippen molar-refractivity contribution in [2.75, 3.05) is 26.4 Å². The first-order valence-corrected chi connectivity index (χ1v) is 6.46. The van der Waals surface area contributed by atoms with E-state index in [1.807, 2.05) is 0 Å². The zero-order valence-corrected chi connectivity index (χ0v) is 9.89. The Kier molecular flexibility index (Phi) is 3.31. The molecule has 2 saturated heterocycles. The van der Waals surface area contributed by atoms with Crippen molar-refractivity contribution in [3.8, 4) is 0 Å². The minimum absolute atomic E-state index is 0.0290. The van der Waals surface area contributed by atoms with Crippen LogP contribution in [-0.4, -0.2) is 50.6 Å². The molecule has 1 amide bonds. The molecule has 0 bridgehead atoms. The lowest BCUT2D eigenvalue weighted by atomic mass is 9.72. The molecule has 2 aliphatic heterocycles. The number of carbonyl (C=O) groups excluding carboxylic acids is 1. The molecular formula is C12H19NO4. The molecule has 5 heteroatoms. The third-order valence-corrected chi connectivity index (χ3v) is 3.93. The summed E-state index contributed by atoms with van der Waals surface area (Å²) in [4.78, 5) is 11.9.